The summed E-state index contributed by atoms with van der Waals surface area (Å²) in [6.45, 7) is 7.67. The second-order valence-electron chi connectivity index (χ2n) is 7.32. The third kappa shape index (κ3) is 4.06. The van der Waals surface area contributed by atoms with Gasteiger partial charge in [-0.15, -0.1) is 0 Å². The molecule has 0 aromatic carbocycles. The molecule has 118 valence electrons. The van der Waals surface area contributed by atoms with Gasteiger partial charge >= 0.3 is 0 Å². The third-order valence-electron chi connectivity index (χ3n) is 4.06. The van der Waals surface area contributed by atoms with Crippen molar-refractivity contribution in [2.75, 3.05) is 13.1 Å². The monoisotopic (exact) mass is 293 g/mol. The summed E-state index contributed by atoms with van der Waals surface area (Å²) in [7, 11) is 1.89. The van der Waals surface area contributed by atoms with Crippen LogP contribution in [-0.4, -0.2) is 38.6 Å². The number of aryl methyl sites for hydroxylation is 1. The first-order valence-corrected chi connectivity index (χ1v) is 7.71. The zero-order valence-electron chi connectivity index (χ0n) is 13.5. The van der Waals surface area contributed by atoms with E-state index in [0.717, 1.165) is 19.4 Å². The van der Waals surface area contributed by atoms with E-state index in [-0.39, 0.29) is 17.2 Å². The maximum Gasteiger partial charge on any atom is 0.223 e. The fourth-order valence-corrected chi connectivity index (χ4v) is 2.93. The van der Waals surface area contributed by atoms with Gasteiger partial charge in [0, 0.05) is 44.9 Å². The molecule has 2 unspecified atom stereocenters. The predicted molar refractivity (Wildman–Crippen MR) is 81.5 cm³/mol. The van der Waals surface area contributed by atoms with E-state index < -0.39 is 6.10 Å². The highest BCUT2D eigenvalue weighted by atomic mass is 16.3. The fourth-order valence-electron chi connectivity index (χ4n) is 2.93. The average Bonchev–Trinajstić information content (AvgIpc) is 2.82. The molecule has 0 saturated carbocycles. The molecule has 0 spiro atoms. The molecule has 1 aromatic rings. The Morgan fingerprint density at radius 3 is 2.81 bits per heavy atom. The molecule has 1 amide bonds. The lowest BCUT2D eigenvalue weighted by atomic mass is 9.89. The lowest BCUT2D eigenvalue weighted by Crippen LogP contribution is -2.43. The predicted octanol–water partition coefficient (Wildman–Crippen LogP) is 2.13. The first kappa shape index (κ1) is 16.0. The van der Waals surface area contributed by atoms with E-state index in [0.29, 0.717) is 18.8 Å². The number of carbonyl (C=O) groups is 1. The summed E-state index contributed by atoms with van der Waals surface area (Å²) in [6, 6.07) is 0. The second-order valence-corrected chi connectivity index (χ2v) is 7.32. The van der Waals surface area contributed by atoms with Crippen LogP contribution in [0.2, 0.25) is 0 Å². The molecule has 0 radical (unpaired) electrons. The van der Waals surface area contributed by atoms with Gasteiger partial charge in [0.2, 0.25) is 5.91 Å². The van der Waals surface area contributed by atoms with E-state index in [1.165, 1.54) is 0 Å². The van der Waals surface area contributed by atoms with E-state index in [4.69, 9.17) is 0 Å². The standard InChI is InChI=1S/C16H27N3O2/c1-16(2,3)10-13(20)19-8-5-6-12(11-19)14(21)15-17-7-9-18(15)4/h7,9,12,14,21H,5-6,8,10-11H2,1-4H3. The molecule has 5 nitrogen and oxygen atoms in total. The molecule has 1 aliphatic heterocycles. The minimum absolute atomic E-state index is 0.00230. The number of aliphatic hydroxyl groups is 1. The summed E-state index contributed by atoms with van der Waals surface area (Å²) in [6.07, 6.45) is 5.37. The molecule has 21 heavy (non-hydrogen) atoms. The molecular formula is C16H27N3O2. The summed E-state index contributed by atoms with van der Waals surface area (Å²) in [5, 5.41) is 10.5. The van der Waals surface area contributed by atoms with Crippen LogP contribution >= 0.6 is 0 Å². The van der Waals surface area contributed by atoms with Crippen LogP contribution in [0.3, 0.4) is 0 Å². The minimum atomic E-state index is -0.602. The van der Waals surface area contributed by atoms with Crippen molar-refractivity contribution in [1.82, 2.24) is 14.5 Å². The summed E-state index contributed by atoms with van der Waals surface area (Å²) >= 11 is 0. The van der Waals surface area contributed by atoms with Gasteiger partial charge < -0.3 is 14.6 Å². The second kappa shape index (κ2) is 6.18. The lowest BCUT2D eigenvalue weighted by Gasteiger charge is -2.36. The Bertz CT molecular complexity index is 490. The van der Waals surface area contributed by atoms with E-state index >= 15 is 0 Å². The number of aliphatic hydroxyl groups excluding tert-OH is 1. The largest absolute Gasteiger partial charge is 0.385 e. The molecule has 2 atom stereocenters. The number of likely N-dealkylation sites (tertiary alicyclic amines) is 1. The Morgan fingerprint density at radius 1 is 1.52 bits per heavy atom. The van der Waals surface area contributed by atoms with Crippen LogP contribution in [0.25, 0.3) is 0 Å². The molecule has 5 heteroatoms. The molecule has 1 saturated heterocycles. The normalized spacial score (nSPS) is 21.4. The van der Waals surface area contributed by atoms with Crippen LogP contribution in [0.5, 0.6) is 0 Å². The van der Waals surface area contributed by atoms with Gasteiger partial charge in [-0.3, -0.25) is 4.79 Å². The van der Waals surface area contributed by atoms with E-state index in [1.54, 1.807) is 6.20 Å². The molecule has 1 fully saturated rings. The van der Waals surface area contributed by atoms with Crippen LogP contribution in [0.4, 0.5) is 0 Å². The average molecular weight is 293 g/mol. The highest BCUT2D eigenvalue weighted by molar-refractivity contribution is 5.76. The fraction of sp³-hybridized carbons (Fsp3) is 0.750. The van der Waals surface area contributed by atoms with Crippen molar-refractivity contribution in [2.24, 2.45) is 18.4 Å². The smallest absolute Gasteiger partial charge is 0.223 e. The Hall–Kier alpha value is -1.36. The van der Waals surface area contributed by atoms with Gasteiger partial charge in [-0.05, 0) is 18.3 Å². The molecular weight excluding hydrogens is 266 g/mol. The van der Waals surface area contributed by atoms with Crippen LogP contribution < -0.4 is 0 Å². The number of amides is 1. The Morgan fingerprint density at radius 2 is 2.24 bits per heavy atom. The summed E-state index contributed by atoms with van der Waals surface area (Å²) < 4.78 is 1.85. The molecule has 0 aliphatic carbocycles. The zero-order valence-corrected chi connectivity index (χ0v) is 13.5. The number of nitrogens with zero attached hydrogens (tertiary/aromatic N) is 3. The van der Waals surface area contributed by atoms with E-state index in [2.05, 4.69) is 25.8 Å². The quantitative estimate of drug-likeness (QED) is 0.929. The number of carbonyl (C=O) groups excluding carboxylic acids is 1. The molecule has 1 aromatic heterocycles. The van der Waals surface area contributed by atoms with Gasteiger partial charge in [-0.1, -0.05) is 20.8 Å². The van der Waals surface area contributed by atoms with Gasteiger partial charge in [0.05, 0.1) is 0 Å². The molecule has 1 aliphatic rings. The topological polar surface area (TPSA) is 58.4 Å². The maximum absolute atomic E-state index is 12.4. The molecule has 0 bridgehead atoms. The van der Waals surface area contributed by atoms with E-state index in [1.807, 2.05) is 22.7 Å². The Balaban J connectivity index is 2.01. The van der Waals surface area contributed by atoms with Gasteiger partial charge in [-0.25, -0.2) is 4.98 Å². The van der Waals surface area contributed by atoms with Crippen molar-refractivity contribution in [3.8, 4) is 0 Å². The van der Waals surface area contributed by atoms with Gasteiger partial charge in [0.15, 0.2) is 0 Å². The summed E-state index contributed by atoms with van der Waals surface area (Å²) in [4.78, 5) is 18.5. The van der Waals surface area contributed by atoms with Crippen molar-refractivity contribution in [3.63, 3.8) is 0 Å². The van der Waals surface area contributed by atoms with Crippen LogP contribution in [0.15, 0.2) is 12.4 Å². The van der Waals surface area contributed by atoms with Crippen molar-refractivity contribution in [1.29, 1.82) is 0 Å². The van der Waals surface area contributed by atoms with Crippen molar-refractivity contribution in [2.45, 2.75) is 46.1 Å². The first-order valence-electron chi connectivity index (χ1n) is 7.71. The molecule has 2 rings (SSSR count). The number of hydrogen-bond donors (Lipinski definition) is 1. The number of aromatic nitrogens is 2. The van der Waals surface area contributed by atoms with Crippen molar-refractivity contribution in [3.05, 3.63) is 18.2 Å². The van der Waals surface area contributed by atoms with Gasteiger partial charge in [-0.2, -0.15) is 0 Å². The lowest BCUT2D eigenvalue weighted by molar-refractivity contribution is -0.135. The number of rotatable bonds is 3. The SMILES string of the molecule is Cn1ccnc1C(O)C1CCCN(C(=O)CC(C)(C)C)C1. The number of piperidine rings is 1. The van der Waals surface area contributed by atoms with Crippen LogP contribution in [0, 0.1) is 11.3 Å². The number of imidazole rings is 1. The maximum atomic E-state index is 12.4. The Kier molecular flexibility index (Phi) is 4.71. The number of hydrogen-bond acceptors (Lipinski definition) is 3. The zero-order chi connectivity index (χ0) is 15.6. The van der Waals surface area contributed by atoms with Crippen LogP contribution in [0.1, 0.15) is 52.0 Å². The Labute approximate surface area is 127 Å². The van der Waals surface area contributed by atoms with Gasteiger partial charge in [0.25, 0.3) is 0 Å². The van der Waals surface area contributed by atoms with Crippen molar-refractivity contribution < 1.29 is 9.90 Å². The highest BCUT2D eigenvalue weighted by Crippen LogP contribution is 2.30. The third-order valence-corrected chi connectivity index (χ3v) is 4.06. The summed E-state index contributed by atoms with van der Waals surface area (Å²) in [5.41, 5.74) is 0.00230. The molecule has 2 heterocycles. The highest BCUT2D eigenvalue weighted by Gasteiger charge is 2.32. The van der Waals surface area contributed by atoms with Crippen LogP contribution in [-0.2, 0) is 11.8 Å². The van der Waals surface area contributed by atoms with Crippen molar-refractivity contribution >= 4 is 5.91 Å². The molecule has 1 N–H and O–H groups in total. The first-order chi connectivity index (χ1) is 9.78. The van der Waals surface area contributed by atoms with E-state index in [9.17, 15) is 9.90 Å². The summed E-state index contributed by atoms with van der Waals surface area (Å²) in [5.74, 6) is 0.952. The van der Waals surface area contributed by atoms with Gasteiger partial charge in [0.1, 0.15) is 11.9 Å². The minimum Gasteiger partial charge on any atom is -0.385 e.